The summed E-state index contributed by atoms with van der Waals surface area (Å²) < 4.78 is 0. The summed E-state index contributed by atoms with van der Waals surface area (Å²) in [7, 11) is 0. The van der Waals surface area contributed by atoms with Crippen molar-refractivity contribution < 1.29 is 4.92 Å². The van der Waals surface area contributed by atoms with Gasteiger partial charge in [-0.3, -0.25) is 10.1 Å². The van der Waals surface area contributed by atoms with Gasteiger partial charge in [0.15, 0.2) is 0 Å². The highest BCUT2D eigenvalue weighted by atomic mass is 35.5. The molecular formula is C15H13Cl2NO2. The Hall–Kier alpha value is -1.58. The molecule has 5 heteroatoms. The summed E-state index contributed by atoms with van der Waals surface area (Å²) >= 11 is 12.6. The maximum absolute atomic E-state index is 10.6. The summed E-state index contributed by atoms with van der Waals surface area (Å²) in [6, 6.07) is 12.2. The maximum Gasteiger partial charge on any atom is 0.269 e. The fourth-order valence-corrected chi connectivity index (χ4v) is 2.75. The number of nitro benzene ring substituents is 1. The van der Waals surface area contributed by atoms with Crippen LogP contribution in [0.1, 0.15) is 22.1 Å². The van der Waals surface area contributed by atoms with E-state index in [0.717, 1.165) is 16.7 Å². The number of rotatable bonds is 4. The van der Waals surface area contributed by atoms with Gasteiger partial charge in [-0.15, -0.1) is 11.6 Å². The van der Waals surface area contributed by atoms with Crippen molar-refractivity contribution in [3.63, 3.8) is 0 Å². The van der Waals surface area contributed by atoms with Crippen molar-refractivity contribution in [1.29, 1.82) is 0 Å². The smallest absolute Gasteiger partial charge is 0.258 e. The minimum absolute atomic E-state index is 0.0771. The van der Waals surface area contributed by atoms with Crippen molar-refractivity contribution in [3.8, 4) is 0 Å². The molecule has 0 heterocycles. The van der Waals surface area contributed by atoms with Crippen LogP contribution < -0.4 is 0 Å². The highest BCUT2D eigenvalue weighted by Crippen LogP contribution is 2.31. The Labute approximate surface area is 127 Å². The quantitative estimate of drug-likeness (QED) is 0.449. The van der Waals surface area contributed by atoms with E-state index in [1.165, 1.54) is 12.1 Å². The van der Waals surface area contributed by atoms with Crippen molar-refractivity contribution in [2.24, 2.45) is 0 Å². The molecule has 2 aromatic rings. The molecule has 0 amide bonds. The van der Waals surface area contributed by atoms with Crippen LogP contribution in [0.5, 0.6) is 0 Å². The molecule has 2 rings (SSSR count). The first kappa shape index (κ1) is 14.8. The number of alkyl halides is 1. The summed E-state index contributed by atoms with van der Waals surface area (Å²) in [5.41, 5.74) is 2.97. The second kappa shape index (κ2) is 6.25. The number of halogens is 2. The highest BCUT2D eigenvalue weighted by molar-refractivity contribution is 6.32. The highest BCUT2D eigenvalue weighted by Gasteiger charge is 2.13. The van der Waals surface area contributed by atoms with Gasteiger partial charge in [0.25, 0.3) is 5.69 Å². The first-order valence-electron chi connectivity index (χ1n) is 6.11. The van der Waals surface area contributed by atoms with Gasteiger partial charge in [-0.1, -0.05) is 35.9 Å². The van der Waals surface area contributed by atoms with Crippen molar-refractivity contribution in [1.82, 2.24) is 0 Å². The predicted molar refractivity (Wildman–Crippen MR) is 81.6 cm³/mol. The van der Waals surface area contributed by atoms with E-state index in [-0.39, 0.29) is 11.1 Å². The van der Waals surface area contributed by atoms with Gasteiger partial charge < -0.3 is 0 Å². The van der Waals surface area contributed by atoms with Crippen LogP contribution in [0.15, 0.2) is 42.5 Å². The average molecular weight is 310 g/mol. The summed E-state index contributed by atoms with van der Waals surface area (Å²) in [6.45, 7) is 1.97. The van der Waals surface area contributed by atoms with E-state index in [0.29, 0.717) is 11.4 Å². The van der Waals surface area contributed by atoms with Gasteiger partial charge in [0, 0.05) is 17.2 Å². The zero-order valence-corrected chi connectivity index (χ0v) is 12.4. The Morgan fingerprint density at radius 1 is 1.20 bits per heavy atom. The molecule has 0 N–H and O–H groups in total. The molecule has 104 valence electrons. The van der Waals surface area contributed by atoms with Crippen LogP contribution in [0.2, 0.25) is 5.02 Å². The van der Waals surface area contributed by atoms with E-state index < -0.39 is 4.92 Å². The Kier molecular flexibility index (Phi) is 4.63. The Morgan fingerprint density at radius 2 is 1.85 bits per heavy atom. The lowest BCUT2D eigenvalue weighted by Gasteiger charge is -2.12. The van der Waals surface area contributed by atoms with Crippen LogP contribution in [-0.4, -0.2) is 4.92 Å². The van der Waals surface area contributed by atoms with E-state index in [9.17, 15) is 10.1 Å². The van der Waals surface area contributed by atoms with Gasteiger partial charge in [0.05, 0.1) is 10.3 Å². The molecular weight excluding hydrogens is 297 g/mol. The Morgan fingerprint density at radius 3 is 2.40 bits per heavy atom. The maximum atomic E-state index is 10.6. The van der Waals surface area contributed by atoms with Crippen LogP contribution >= 0.6 is 23.2 Å². The van der Waals surface area contributed by atoms with Gasteiger partial charge in [-0.05, 0) is 36.1 Å². The van der Waals surface area contributed by atoms with Crippen molar-refractivity contribution in [2.75, 3.05) is 0 Å². The van der Waals surface area contributed by atoms with Gasteiger partial charge >= 0.3 is 0 Å². The number of hydrogen-bond acceptors (Lipinski definition) is 2. The normalized spacial score (nSPS) is 12.2. The van der Waals surface area contributed by atoms with E-state index in [1.54, 1.807) is 12.1 Å². The van der Waals surface area contributed by atoms with Crippen LogP contribution in [0.3, 0.4) is 0 Å². The number of nitro groups is 1. The molecule has 2 aromatic carbocycles. The van der Waals surface area contributed by atoms with Gasteiger partial charge in [0.2, 0.25) is 0 Å². The molecule has 0 radical (unpaired) electrons. The first-order chi connectivity index (χ1) is 9.47. The zero-order valence-electron chi connectivity index (χ0n) is 10.8. The lowest BCUT2D eigenvalue weighted by Crippen LogP contribution is -1.97. The number of benzene rings is 2. The third-order valence-electron chi connectivity index (χ3n) is 3.06. The molecule has 0 fully saturated rings. The van der Waals surface area contributed by atoms with Crippen molar-refractivity contribution in [2.45, 2.75) is 18.7 Å². The summed E-state index contributed by atoms with van der Waals surface area (Å²) in [5, 5.41) is 11.0. The summed E-state index contributed by atoms with van der Waals surface area (Å²) in [6.07, 6.45) is 0.572. The van der Waals surface area contributed by atoms with E-state index in [2.05, 4.69) is 0 Å². The Bertz CT molecular complexity index is 626. The molecule has 0 aliphatic rings. The molecule has 0 bridgehead atoms. The monoisotopic (exact) mass is 309 g/mol. The molecule has 3 nitrogen and oxygen atoms in total. The molecule has 0 aromatic heterocycles. The third-order valence-corrected chi connectivity index (χ3v) is 3.77. The largest absolute Gasteiger partial charge is 0.269 e. The lowest BCUT2D eigenvalue weighted by atomic mass is 10.0. The first-order valence-corrected chi connectivity index (χ1v) is 6.92. The molecule has 1 unspecified atom stereocenters. The second-order valence-electron chi connectivity index (χ2n) is 4.62. The lowest BCUT2D eigenvalue weighted by molar-refractivity contribution is -0.384. The Balaban J connectivity index is 2.14. The molecule has 0 saturated carbocycles. The standard InChI is InChI=1S/C15H13Cl2NO2/c1-10-2-7-13(14(16)8-10)15(17)9-11-3-5-12(6-4-11)18(19)20/h2-8,15H,9H2,1H3. The number of aryl methyl sites for hydroxylation is 1. The molecule has 1 atom stereocenters. The predicted octanol–water partition coefficient (Wildman–Crippen LogP) is 5.08. The van der Waals surface area contributed by atoms with Crippen LogP contribution in [-0.2, 0) is 6.42 Å². The molecule has 0 aliphatic heterocycles. The number of non-ortho nitro benzene ring substituents is 1. The van der Waals surface area contributed by atoms with Crippen molar-refractivity contribution in [3.05, 3.63) is 74.3 Å². The second-order valence-corrected chi connectivity index (χ2v) is 5.55. The van der Waals surface area contributed by atoms with Gasteiger partial charge in [-0.2, -0.15) is 0 Å². The summed E-state index contributed by atoms with van der Waals surface area (Å²) in [4.78, 5) is 10.2. The molecule has 0 saturated heterocycles. The molecule has 20 heavy (non-hydrogen) atoms. The number of nitrogens with zero attached hydrogens (tertiary/aromatic N) is 1. The van der Waals surface area contributed by atoms with Crippen LogP contribution in [0, 0.1) is 17.0 Å². The van der Waals surface area contributed by atoms with E-state index in [4.69, 9.17) is 23.2 Å². The minimum atomic E-state index is -0.418. The minimum Gasteiger partial charge on any atom is -0.258 e. The molecule has 0 aliphatic carbocycles. The van der Waals surface area contributed by atoms with Crippen LogP contribution in [0.4, 0.5) is 5.69 Å². The number of hydrogen-bond donors (Lipinski definition) is 0. The van der Waals surface area contributed by atoms with E-state index in [1.807, 2.05) is 25.1 Å². The third kappa shape index (κ3) is 3.50. The van der Waals surface area contributed by atoms with Crippen LogP contribution in [0.25, 0.3) is 0 Å². The molecule has 0 spiro atoms. The van der Waals surface area contributed by atoms with E-state index >= 15 is 0 Å². The average Bonchev–Trinajstić information content (AvgIpc) is 2.39. The van der Waals surface area contributed by atoms with Crippen molar-refractivity contribution >= 4 is 28.9 Å². The SMILES string of the molecule is Cc1ccc(C(Cl)Cc2ccc([N+](=O)[O-])cc2)c(Cl)c1. The fraction of sp³-hybridized carbons (Fsp3) is 0.200. The van der Waals surface area contributed by atoms with Gasteiger partial charge in [-0.25, -0.2) is 0 Å². The fourth-order valence-electron chi connectivity index (χ4n) is 1.96. The topological polar surface area (TPSA) is 43.1 Å². The zero-order chi connectivity index (χ0) is 14.7. The summed E-state index contributed by atoms with van der Waals surface area (Å²) in [5.74, 6) is 0. The van der Waals surface area contributed by atoms with Gasteiger partial charge in [0.1, 0.15) is 0 Å².